The zero-order chi connectivity index (χ0) is 19.4. The highest BCUT2D eigenvalue weighted by Gasteiger charge is 2.16. The Morgan fingerprint density at radius 3 is 2.19 bits per heavy atom. The van der Waals surface area contributed by atoms with Crippen molar-refractivity contribution in [2.45, 2.75) is 6.04 Å². The third-order valence-electron chi connectivity index (χ3n) is 4.89. The minimum absolute atomic E-state index is 0.0440. The molecule has 1 amide bonds. The average Bonchev–Trinajstić information content (AvgIpc) is 2.67. The van der Waals surface area contributed by atoms with Crippen LogP contribution in [-0.4, -0.2) is 45.5 Å². The van der Waals surface area contributed by atoms with E-state index < -0.39 is 0 Å². The Bertz CT molecular complexity index is 916. The summed E-state index contributed by atoms with van der Waals surface area (Å²) in [7, 11) is 8.13. The van der Waals surface area contributed by atoms with Crippen molar-refractivity contribution in [3.8, 4) is 0 Å². The molecule has 1 N–H and O–H groups in total. The number of amides is 1. The summed E-state index contributed by atoms with van der Waals surface area (Å²) in [5, 5.41) is 5.31. The molecule has 0 unspecified atom stereocenters. The summed E-state index contributed by atoms with van der Waals surface area (Å²) in [6.07, 6.45) is 0. The van der Waals surface area contributed by atoms with Crippen LogP contribution in [0.1, 0.15) is 22.0 Å². The third kappa shape index (κ3) is 4.47. The fourth-order valence-electron chi connectivity index (χ4n) is 3.22. The molecule has 3 aromatic rings. The summed E-state index contributed by atoms with van der Waals surface area (Å²) in [5.41, 5.74) is 3.04. The summed E-state index contributed by atoms with van der Waals surface area (Å²) < 4.78 is 0. The van der Waals surface area contributed by atoms with Gasteiger partial charge in [0.25, 0.3) is 5.91 Å². The zero-order valence-electron chi connectivity index (χ0n) is 16.4. The number of nitrogens with zero attached hydrogens (tertiary/aromatic N) is 2. The summed E-state index contributed by atoms with van der Waals surface area (Å²) in [5.74, 6) is -0.0440. The molecule has 0 aliphatic rings. The SMILES string of the molecule is CN(C)c1ccc([C@H](CNC(=O)c2ccc3ccccc3c2)N(C)C)cc1. The first-order valence-electron chi connectivity index (χ1n) is 9.16. The topological polar surface area (TPSA) is 35.6 Å². The Balaban J connectivity index is 1.72. The van der Waals surface area contributed by atoms with Crippen molar-refractivity contribution >= 4 is 22.4 Å². The lowest BCUT2D eigenvalue weighted by Gasteiger charge is -2.26. The molecule has 140 valence electrons. The fourth-order valence-corrected chi connectivity index (χ4v) is 3.22. The molecule has 0 fully saturated rings. The highest BCUT2D eigenvalue weighted by Crippen LogP contribution is 2.21. The van der Waals surface area contributed by atoms with Crippen LogP contribution < -0.4 is 10.2 Å². The van der Waals surface area contributed by atoms with Crippen molar-refractivity contribution in [3.63, 3.8) is 0 Å². The second-order valence-corrected chi connectivity index (χ2v) is 7.24. The Kier molecular flexibility index (Phi) is 5.77. The van der Waals surface area contributed by atoms with Crippen LogP contribution in [0, 0.1) is 0 Å². The van der Waals surface area contributed by atoms with Gasteiger partial charge in [0.05, 0.1) is 6.04 Å². The molecule has 1 atom stereocenters. The number of carbonyl (C=O) groups is 1. The highest BCUT2D eigenvalue weighted by atomic mass is 16.1. The van der Waals surface area contributed by atoms with Gasteiger partial charge in [-0.05, 0) is 54.7 Å². The summed E-state index contributed by atoms with van der Waals surface area (Å²) in [6, 6.07) is 22.5. The molecule has 0 heterocycles. The number of likely N-dealkylation sites (N-methyl/N-ethyl adjacent to an activating group) is 1. The predicted octanol–water partition coefficient (Wildman–Crippen LogP) is 3.94. The maximum atomic E-state index is 12.7. The molecule has 4 heteroatoms. The maximum absolute atomic E-state index is 12.7. The van der Waals surface area contributed by atoms with E-state index in [1.165, 1.54) is 5.56 Å². The first-order chi connectivity index (χ1) is 13.0. The van der Waals surface area contributed by atoms with Crippen molar-refractivity contribution in [1.82, 2.24) is 10.2 Å². The number of fused-ring (bicyclic) bond motifs is 1. The van der Waals surface area contributed by atoms with E-state index in [1.54, 1.807) is 0 Å². The quantitative estimate of drug-likeness (QED) is 0.722. The molecule has 27 heavy (non-hydrogen) atoms. The van der Waals surface area contributed by atoms with Gasteiger partial charge in [-0.2, -0.15) is 0 Å². The van der Waals surface area contributed by atoms with Gasteiger partial charge in [-0.15, -0.1) is 0 Å². The van der Waals surface area contributed by atoms with Gasteiger partial charge >= 0.3 is 0 Å². The minimum Gasteiger partial charge on any atom is -0.378 e. The molecular weight excluding hydrogens is 334 g/mol. The van der Waals surface area contributed by atoms with E-state index in [-0.39, 0.29) is 11.9 Å². The van der Waals surface area contributed by atoms with E-state index >= 15 is 0 Å². The van der Waals surface area contributed by atoms with E-state index in [4.69, 9.17) is 0 Å². The van der Waals surface area contributed by atoms with E-state index in [0.29, 0.717) is 12.1 Å². The normalized spacial score (nSPS) is 12.2. The number of rotatable bonds is 6. The van der Waals surface area contributed by atoms with Gasteiger partial charge in [0.15, 0.2) is 0 Å². The van der Waals surface area contributed by atoms with Crippen LogP contribution in [-0.2, 0) is 0 Å². The standard InChI is InChI=1S/C23H27N3O/c1-25(2)21-13-11-18(12-14-21)22(26(3)4)16-24-23(27)20-10-9-17-7-5-6-8-19(17)15-20/h5-15,22H,16H2,1-4H3,(H,24,27)/t22-/m0/s1. The van der Waals surface area contributed by atoms with Gasteiger partial charge in [0.2, 0.25) is 0 Å². The Morgan fingerprint density at radius 2 is 1.56 bits per heavy atom. The molecule has 0 aliphatic carbocycles. The van der Waals surface area contributed by atoms with Gasteiger partial charge in [-0.1, -0.05) is 42.5 Å². The molecule has 4 nitrogen and oxygen atoms in total. The van der Waals surface area contributed by atoms with E-state index in [9.17, 15) is 4.79 Å². The molecule has 3 rings (SSSR count). The molecule has 0 saturated heterocycles. The molecule has 0 bridgehead atoms. The van der Waals surface area contributed by atoms with Gasteiger partial charge in [0, 0.05) is 31.9 Å². The molecule has 0 saturated carbocycles. The number of hydrogen-bond donors (Lipinski definition) is 1. The van der Waals surface area contributed by atoms with Crippen LogP contribution in [0.25, 0.3) is 10.8 Å². The summed E-state index contributed by atoms with van der Waals surface area (Å²) >= 11 is 0. The third-order valence-corrected chi connectivity index (χ3v) is 4.89. The predicted molar refractivity (Wildman–Crippen MR) is 113 cm³/mol. The molecule has 0 radical (unpaired) electrons. The Morgan fingerprint density at radius 1 is 0.889 bits per heavy atom. The lowest BCUT2D eigenvalue weighted by atomic mass is 10.0. The number of anilines is 1. The van der Waals surface area contributed by atoms with Crippen LogP contribution in [0.5, 0.6) is 0 Å². The maximum Gasteiger partial charge on any atom is 0.251 e. The first kappa shape index (κ1) is 18.9. The second kappa shape index (κ2) is 8.23. The number of benzene rings is 3. The zero-order valence-corrected chi connectivity index (χ0v) is 16.4. The van der Waals surface area contributed by atoms with Crippen LogP contribution >= 0.6 is 0 Å². The first-order valence-corrected chi connectivity index (χ1v) is 9.16. The molecule has 0 aliphatic heterocycles. The van der Waals surface area contributed by atoms with Crippen LogP contribution in [0.15, 0.2) is 66.7 Å². The minimum atomic E-state index is -0.0440. The molecule has 0 spiro atoms. The van der Waals surface area contributed by atoms with Crippen molar-refractivity contribution in [1.29, 1.82) is 0 Å². The number of carbonyl (C=O) groups excluding carboxylic acids is 1. The monoisotopic (exact) mass is 361 g/mol. The summed E-state index contributed by atoms with van der Waals surface area (Å²) in [6.45, 7) is 0.556. The average molecular weight is 361 g/mol. The van der Waals surface area contributed by atoms with E-state index in [2.05, 4.69) is 45.4 Å². The molecular formula is C23H27N3O. The molecule has 0 aromatic heterocycles. The Hall–Kier alpha value is -2.85. The number of hydrogen-bond acceptors (Lipinski definition) is 3. The van der Waals surface area contributed by atoms with Gasteiger partial charge in [-0.3, -0.25) is 4.79 Å². The lowest BCUT2D eigenvalue weighted by molar-refractivity contribution is 0.0942. The smallest absolute Gasteiger partial charge is 0.251 e. The van der Waals surface area contributed by atoms with Crippen LogP contribution in [0.3, 0.4) is 0 Å². The van der Waals surface area contributed by atoms with Crippen LogP contribution in [0.4, 0.5) is 5.69 Å². The van der Waals surface area contributed by atoms with E-state index in [1.807, 2.05) is 64.6 Å². The number of nitrogens with one attached hydrogen (secondary N) is 1. The van der Waals surface area contributed by atoms with Gasteiger partial charge in [0.1, 0.15) is 0 Å². The van der Waals surface area contributed by atoms with Gasteiger partial charge in [-0.25, -0.2) is 0 Å². The van der Waals surface area contributed by atoms with Crippen molar-refractivity contribution in [2.75, 3.05) is 39.6 Å². The van der Waals surface area contributed by atoms with Crippen molar-refractivity contribution in [2.24, 2.45) is 0 Å². The Labute approximate surface area is 161 Å². The van der Waals surface area contributed by atoms with Gasteiger partial charge < -0.3 is 15.1 Å². The van der Waals surface area contributed by atoms with Crippen molar-refractivity contribution in [3.05, 3.63) is 77.9 Å². The fraction of sp³-hybridized carbons (Fsp3) is 0.261. The second-order valence-electron chi connectivity index (χ2n) is 7.24. The summed E-state index contributed by atoms with van der Waals surface area (Å²) in [4.78, 5) is 16.9. The highest BCUT2D eigenvalue weighted by molar-refractivity contribution is 5.98. The van der Waals surface area contributed by atoms with Crippen LogP contribution in [0.2, 0.25) is 0 Å². The lowest BCUT2D eigenvalue weighted by Crippen LogP contribution is -2.34. The molecule has 3 aromatic carbocycles. The largest absolute Gasteiger partial charge is 0.378 e. The van der Waals surface area contributed by atoms with Crippen molar-refractivity contribution < 1.29 is 4.79 Å². The van der Waals surface area contributed by atoms with E-state index in [0.717, 1.165) is 16.5 Å².